The van der Waals surface area contributed by atoms with Gasteiger partial charge in [-0.25, -0.2) is 0 Å². The molecule has 0 unspecified atom stereocenters. The van der Waals surface area contributed by atoms with Gasteiger partial charge >= 0.3 is 0 Å². The lowest BCUT2D eigenvalue weighted by molar-refractivity contribution is 0.297. The van der Waals surface area contributed by atoms with Crippen molar-refractivity contribution >= 4 is 15.9 Å². The lowest BCUT2D eigenvalue weighted by Gasteiger charge is -2.10. The van der Waals surface area contributed by atoms with Gasteiger partial charge in [-0.15, -0.1) is 0 Å². The first kappa shape index (κ1) is 12.5. The molecule has 0 N–H and O–H groups in total. The maximum atomic E-state index is 5.73. The van der Waals surface area contributed by atoms with E-state index in [0.29, 0.717) is 13.2 Å². The maximum absolute atomic E-state index is 5.73. The van der Waals surface area contributed by atoms with Gasteiger partial charge in [0.1, 0.15) is 0 Å². The van der Waals surface area contributed by atoms with E-state index < -0.39 is 0 Å². The molecule has 0 saturated heterocycles. The van der Waals surface area contributed by atoms with Gasteiger partial charge in [-0.2, -0.15) is 5.10 Å². The van der Waals surface area contributed by atoms with Crippen LogP contribution in [-0.2, 0) is 7.05 Å². The van der Waals surface area contributed by atoms with Crippen molar-refractivity contribution in [2.75, 3.05) is 13.2 Å². The van der Waals surface area contributed by atoms with E-state index in [1.165, 1.54) is 0 Å². The van der Waals surface area contributed by atoms with Crippen LogP contribution in [0.4, 0.5) is 0 Å². The Morgan fingerprint density at radius 1 is 1.21 bits per heavy atom. The smallest absolute Gasteiger partial charge is 0.161 e. The third-order valence-electron chi connectivity index (χ3n) is 3.17. The number of nitrogens with zero attached hydrogens (tertiary/aromatic N) is 2. The summed E-state index contributed by atoms with van der Waals surface area (Å²) < 4.78 is 14.3. The predicted molar refractivity (Wildman–Crippen MR) is 76.7 cm³/mol. The number of aryl methyl sites for hydroxylation is 2. The first-order valence-electron chi connectivity index (χ1n) is 6.26. The van der Waals surface area contributed by atoms with E-state index in [1.807, 2.05) is 36.9 Å². The molecule has 2 aromatic rings. The quantitative estimate of drug-likeness (QED) is 0.808. The zero-order valence-corrected chi connectivity index (χ0v) is 12.5. The highest BCUT2D eigenvalue weighted by Crippen LogP contribution is 2.37. The van der Waals surface area contributed by atoms with E-state index in [4.69, 9.17) is 9.47 Å². The van der Waals surface area contributed by atoms with Gasteiger partial charge in [0, 0.05) is 19.0 Å². The minimum atomic E-state index is 0.696. The molecule has 4 nitrogen and oxygen atoms in total. The van der Waals surface area contributed by atoms with Crippen LogP contribution in [-0.4, -0.2) is 23.0 Å². The van der Waals surface area contributed by atoms with E-state index >= 15 is 0 Å². The first-order chi connectivity index (χ1) is 9.16. The molecule has 1 aliphatic rings. The molecule has 1 aromatic heterocycles. The van der Waals surface area contributed by atoms with Gasteiger partial charge in [0.15, 0.2) is 11.5 Å². The number of halogens is 1. The van der Waals surface area contributed by atoms with Gasteiger partial charge < -0.3 is 9.47 Å². The number of hydrogen-bond donors (Lipinski definition) is 0. The molecule has 0 saturated carbocycles. The second kappa shape index (κ2) is 4.89. The van der Waals surface area contributed by atoms with Crippen LogP contribution in [0, 0.1) is 6.92 Å². The van der Waals surface area contributed by atoms with E-state index in [1.54, 1.807) is 0 Å². The summed E-state index contributed by atoms with van der Waals surface area (Å²) in [5.74, 6) is 1.62. The van der Waals surface area contributed by atoms with Crippen LogP contribution in [0.5, 0.6) is 11.5 Å². The van der Waals surface area contributed by atoms with Crippen LogP contribution in [0.25, 0.3) is 11.3 Å². The third kappa shape index (κ3) is 2.23. The Labute approximate surface area is 120 Å². The summed E-state index contributed by atoms with van der Waals surface area (Å²) in [6.07, 6.45) is 0.915. The summed E-state index contributed by atoms with van der Waals surface area (Å²) in [5, 5.41) is 4.42. The molecule has 0 atom stereocenters. The van der Waals surface area contributed by atoms with Gasteiger partial charge in [0.2, 0.25) is 0 Å². The van der Waals surface area contributed by atoms with Crippen LogP contribution >= 0.6 is 15.9 Å². The highest BCUT2D eigenvalue weighted by Gasteiger charge is 2.16. The molecule has 3 rings (SSSR count). The molecule has 19 heavy (non-hydrogen) atoms. The lowest BCUT2D eigenvalue weighted by Crippen LogP contribution is -1.97. The van der Waals surface area contributed by atoms with Crippen molar-refractivity contribution in [3.05, 3.63) is 28.4 Å². The lowest BCUT2D eigenvalue weighted by atomic mass is 10.1. The monoisotopic (exact) mass is 322 g/mol. The second-order valence-electron chi connectivity index (χ2n) is 4.58. The zero-order valence-electron chi connectivity index (χ0n) is 10.9. The van der Waals surface area contributed by atoms with Gasteiger partial charge in [0.25, 0.3) is 0 Å². The van der Waals surface area contributed by atoms with Crippen molar-refractivity contribution < 1.29 is 9.47 Å². The summed E-state index contributed by atoms with van der Waals surface area (Å²) >= 11 is 3.59. The normalized spacial score (nSPS) is 14.3. The Bertz CT molecular complexity index is 622. The van der Waals surface area contributed by atoms with Gasteiger partial charge in [-0.1, -0.05) is 0 Å². The Morgan fingerprint density at radius 2 is 1.95 bits per heavy atom. The Hall–Kier alpha value is -1.49. The van der Waals surface area contributed by atoms with Crippen LogP contribution in [0.2, 0.25) is 0 Å². The van der Waals surface area contributed by atoms with Crippen LogP contribution < -0.4 is 9.47 Å². The van der Waals surface area contributed by atoms with Crippen molar-refractivity contribution in [1.29, 1.82) is 0 Å². The molecule has 5 heteroatoms. The van der Waals surface area contributed by atoms with Crippen LogP contribution in [0.3, 0.4) is 0 Å². The Kier molecular flexibility index (Phi) is 3.22. The fourth-order valence-corrected chi connectivity index (χ4v) is 2.82. The number of benzene rings is 1. The fraction of sp³-hybridized carbons (Fsp3) is 0.357. The number of rotatable bonds is 1. The first-order valence-corrected chi connectivity index (χ1v) is 7.05. The van der Waals surface area contributed by atoms with E-state index in [-0.39, 0.29) is 0 Å². The standard InChI is InChI=1S/C14H15BrN2O2/c1-9-13(15)14(17(2)16-9)10-4-5-11-12(8-10)19-7-3-6-18-11/h4-5,8H,3,6-7H2,1-2H3. The van der Waals surface area contributed by atoms with Gasteiger partial charge in [-0.05, 0) is 41.1 Å². The van der Waals surface area contributed by atoms with Crippen molar-refractivity contribution in [2.24, 2.45) is 7.05 Å². The minimum absolute atomic E-state index is 0.696. The minimum Gasteiger partial charge on any atom is -0.490 e. The summed E-state index contributed by atoms with van der Waals surface area (Å²) in [6.45, 7) is 3.39. The van der Waals surface area contributed by atoms with E-state index in [0.717, 1.165) is 39.3 Å². The molecule has 0 spiro atoms. The van der Waals surface area contributed by atoms with E-state index in [9.17, 15) is 0 Å². The number of aromatic nitrogens is 2. The van der Waals surface area contributed by atoms with Crippen molar-refractivity contribution in [3.63, 3.8) is 0 Å². The van der Waals surface area contributed by atoms with E-state index in [2.05, 4.69) is 21.0 Å². The van der Waals surface area contributed by atoms with Crippen LogP contribution in [0.1, 0.15) is 12.1 Å². The number of ether oxygens (including phenoxy) is 2. The summed E-state index contributed by atoms with van der Waals surface area (Å²) in [4.78, 5) is 0. The largest absolute Gasteiger partial charge is 0.490 e. The maximum Gasteiger partial charge on any atom is 0.161 e. The Morgan fingerprint density at radius 3 is 2.63 bits per heavy atom. The predicted octanol–water partition coefficient (Wildman–Crippen LogP) is 3.32. The summed E-state index contributed by atoms with van der Waals surface area (Å²) in [5.41, 5.74) is 3.09. The molecule has 0 fully saturated rings. The molecule has 1 aliphatic heterocycles. The molecule has 0 bridgehead atoms. The second-order valence-corrected chi connectivity index (χ2v) is 5.38. The summed E-state index contributed by atoms with van der Waals surface area (Å²) in [7, 11) is 1.94. The van der Waals surface area contributed by atoms with Gasteiger partial charge in [-0.3, -0.25) is 4.68 Å². The van der Waals surface area contributed by atoms with Crippen molar-refractivity contribution in [3.8, 4) is 22.8 Å². The average Bonchev–Trinajstić information content (AvgIpc) is 2.59. The highest BCUT2D eigenvalue weighted by molar-refractivity contribution is 9.10. The van der Waals surface area contributed by atoms with Crippen molar-refractivity contribution in [1.82, 2.24) is 9.78 Å². The molecule has 0 radical (unpaired) electrons. The SMILES string of the molecule is Cc1nn(C)c(-c2ccc3c(c2)OCCCO3)c1Br. The molecule has 0 amide bonds. The topological polar surface area (TPSA) is 36.3 Å². The summed E-state index contributed by atoms with van der Waals surface area (Å²) in [6, 6.07) is 6.02. The average molecular weight is 323 g/mol. The molecular weight excluding hydrogens is 308 g/mol. The zero-order chi connectivity index (χ0) is 13.4. The number of fused-ring (bicyclic) bond motifs is 1. The number of hydrogen-bond acceptors (Lipinski definition) is 3. The molecule has 2 heterocycles. The van der Waals surface area contributed by atoms with Gasteiger partial charge in [0.05, 0.1) is 29.1 Å². The molecular formula is C14H15BrN2O2. The third-order valence-corrected chi connectivity index (χ3v) is 4.12. The molecule has 0 aliphatic carbocycles. The fourth-order valence-electron chi connectivity index (χ4n) is 2.26. The highest BCUT2D eigenvalue weighted by atomic mass is 79.9. The molecule has 1 aromatic carbocycles. The molecule has 100 valence electrons. The van der Waals surface area contributed by atoms with Crippen LogP contribution in [0.15, 0.2) is 22.7 Å². The Balaban J connectivity index is 2.09. The van der Waals surface area contributed by atoms with Crippen molar-refractivity contribution in [2.45, 2.75) is 13.3 Å².